The molecule has 1 fully saturated rings. The van der Waals surface area contributed by atoms with Crippen LogP contribution in [0.1, 0.15) is 46.5 Å². The SMILES string of the molecule is C#CN(CCCC)S1(=C=C)(C(C)CCC)CC1. The number of unbranched alkanes of at least 4 members (excludes halogenated alkanes) is 1. The summed E-state index contributed by atoms with van der Waals surface area (Å²) in [5, 5.41) is 4.11. The number of nitrogens with zero attached hydrogens (tertiary/aromatic N) is 1. The molecule has 98 valence electrons. The highest BCUT2D eigenvalue weighted by Gasteiger charge is 2.53. The van der Waals surface area contributed by atoms with E-state index in [0.29, 0.717) is 5.25 Å². The van der Waals surface area contributed by atoms with E-state index in [4.69, 9.17) is 6.42 Å². The molecule has 1 unspecified atom stereocenters. The third-order valence-electron chi connectivity index (χ3n) is 4.23. The zero-order valence-corrected chi connectivity index (χ0v) is 12.5. The molecule has 0 aromatic rings. The lowest BCUT2D eigenvalue weighted by atomic mass is 10.3. The Morgan fingerprint density at radius 2 is 2.00 bits per heavy atom. The Bertz CT molecular complexity index is 388. The van der Waals surface area contributed by atoms with E-state index in [1.54, 1.807) is 0 Å². The van der Waals surface area contributed by atoms with E-state index in [1.165, 1.54) is 37.2 Å². The van der Waals surface area contributed by atoms with Gasteiger partial charge in [-0.15, -0.1) is 8.94 Å². The molecule has 0 aliphatic carbocycles. The molecule has 1 nitrogen and oxygen atoms in total. The van der Waals surface area contributed by atoms with Gasteiger partial charge in [0.25, 0.3) is 0 Å². The summed E-state index contributed by atoms with van der Waals surface area (Å²) in [5.41, 5.74) is 0. The largest absolute Gasteiger partial charge is 0.293 e. The van der Waals surface area contributed by atoms with E-state index in [0.717, 1.165) is 6.54 Å². The van der Waals surface area contributed by atoms with Gasteiger partial charge in [-0.05, 0) is 12.8 Å². The molecule has 0 aromatic heterocycles. The van der Waals surface area contributed by atoms with Crippen molar-refractivity contribution in [3.63, 3.8) is 0 Å². The highest BCUT2D eigenvalue weighted by Crippen LogP contribution is 2.76. The molecule has 0 amide bonds. The lowest BCUT2D eigenvalue weighted by molar-refractivity contribution is 0.583. The van der Waals surface area contributed by atoms with Crippen LogP contribution in [0.15, 0.2) is 6.58 Å². The quantitative estimate of drug-likeness (QED) is 0.289. The smallest absolute Gasteiger partial charge is 0.0364 e. The van der Waals surface area contributed by atoms with Gasteiger partial charge in [-0.2, -0.15) is 0 Å². The molecule has 0 spiro atoms. The molecular formula is C15H27NS. The van der Waals surface area contributed by atoms with Gasteiger partial charge in [0.1, 0.15) is 0 Å². The first kappa shape index (κ1) is 14.4. The topological polar surface area (TPSA) is 3.24 Å². The molecule has 0 radical (unpaired) electrons. The van der Waals surface area contributed by atoms with Gasteiger partial charge in [0, 0.05) is 29.3 Å². The Labute approximate surface area is 107 Å². The molecule has 1 atom stereocenters. The summed E-state index contributed by atoms with van der Waals surface area (Å²) in [5.74, 6) is 2.46. The Hall–Kier alpha value is -0.640. The van der Waals surface area contributed by atoms with Gasteiger partial charge < -0.3 is 0 Å². The van der Waals surface area contributed by atoms with Gasteiger partial charge in [-0.3, -0.25) is 4.31 Å². The second-order valence-electron chi connectivity index (χ2n) is 5.14. The van der Waals surface area contributed by atoms with Crippen molar-refractivity contribution < 1.29 is 0 Å². The van der Waals surface area contributed by atoms with Crippen LogP contribution >= 0.6 is 8.94 Å². The first-order chi connectivity index (χ1) is 8.10. The van der Waals surface area contributed by atoms with Gasteiger partial charge in [-0.1, -0.05) is 51.6 Å². The second-order valence-corrected chi connectivity index (χ2v) is 10.3. The van der Waals surface area contributed by atoms with Crippen molar-refractivity contribution in [1.82, 2.24) is 4.31 Å². The average Bonchev–Trinajstić information content (AvgIpc) is 3.09. The lowest BCUT2D eigenvalue weighted by Gasteiger charge is -2.44. The van der Waals surface area contributed by atoms with E-state index in [9.17, 15) is 0 Å². The number of hydrogen-bond acceptors (Lipinski definition) is 1. The third kappa shape index (κ3) is 2.19. The normalized spacial score (nSPS) is 23.5. The molecule has 0 N–H and O–H groups in total. The number of terminal acetylenes is 1. The molecule has 2 heteroatoms. The highest BCUT2D eigenvalue weighted by molar-refractivity contribution is 8.50. The summed E-state index contributed by atoms with van der Waals surface area (Å²) in [6, 6.07) is 2.95. The van der Waals surface area contributed by atoms with Crippen LogP contribution in [0.25, 0.3) is 0 Å². The zero-order chi connectivity index (χ0) is 13.0. The molecule has 1 aliphatic heterocycles. The van der Waals surface area contributed by atoms with Crippen LogP contribution in [0.3, 0.4) is 0 Å². The van der Waals surface area contributed by atoms with Gasteiger partial charge >= 0.3 is 0 Å². The maximum Gasteiger partial charge on any atom is 0.0364 e. The minimum Gasteiger partial charge on any atom is -0.293 e. The highest BCUT2D eigenvalue weighted by atomic mass is 32.3. The van der Waals surface area contributed by atoms with Gasteiger partial charge in [0.05, 0.1) is 0 Å². The summed E-state index contributed by atoms with van der Waals surface area (Å²) in [4.78, 5) is 0. The Morgan fingerprint density at radius 1 is 1.35 bits per heavy atom. The Kier molecular flexibility index (Phi) is 4.53. The first-order valence-corrected chi connectivity index (χ1v) is 9.18. The van der Waals surface area contributed by atoms with E-state index in [2.05, 4.69) is 42.7 Å². The Balaban J connectivity index is 3.03. The molecule has 1 saturated heterocycles. The van der Waals surface area contributed by atoms with Crippen LogP contribution in [0.5, 0.6) is 0 Å². The van der Waals surface area contributed by atoms with E-state index >= 15 is 0 Å². The fraction of sp³-hybridized carbons (Fsp3) is 0.733. The molecule has 0 aromatic carbocycles. The zero-order valence-electron chi connectivity index (χ0n) is 11.7. The Morgan fingerprint density at radius 3 is 2.35 bits per heavy atom. The minimum atomic E-state index is -1.73. The predicted molar refractivity (Wildman–Crippen MR) is 82.8 cm³/mol. The van der Waals surface area contributed by atoms with Crippen molar-refractivity contribution >= 4 is 14.0 Å². The van der Waals surface area contributed by atoms with Crippen molar-refractivity contribution in [3.05, 3.63) is 6.58 Å². The van der Waals surface area contributed by atoms with Crippen LogP contribution in [0, 0.1) is 12.5 Å². The number of hydrogen-bond donors (Lipinski definition) is 0. The van der Waals surface area contributed by atoms with E-state index in [-0.39, 0.29) is 0 Å². The van der Waals surface area contributed by atoms with Gasteiger partial charge in [0.2, 0.25) is 0 Å². The van der Waals surface area contributed by atoms with Gasteiger partial charge in [-0.25, -0.2) is 0 Å². The third-order valence-corrected chi connectivity index (χ3v) is 10.1. The predicted octanol–water partition coefficient (Wildman–Crippen LogP) is 3.72. The van der Waals surface area contributed by atoms with Crippen LogP contribution in [-0.2, 0) is 0 Å². The maximum absolute atomic E-state index is 5.77. The summed E-state index contributed by atoms with van der Waals surface area (Å²) >= 11 is 0. The maximum atomic E-state index is 5.77. The second kappa shape index (κ2) is 5.34. The number of rotatable bonds is 7. The fourth-order valence-electron chi connectivity index (χ4n) is 2.74. The van der Waals surface area contributed by atoms with E-state index in [1.807, 2.05) is 0 Å². The van der Waals surface area contributed by atoms with Crippen molar-refractivity contribution in [2.45, 2.75) is 51.7 Å². The summed E-state index contributed by atoms with van der Waals surface area (Å²) in [7, 11) is -1.73. The fourth-order valence-corrected chi connectivity index (χ4v) is 7.81. The average molecular weight is 253 g/mol. The molecule has 1 aliphatic rings. The first-order valence-electron chi connectivity index (χ1n) is 6.78. The monoisotopic (exact) mass is 253 g/mol. The molecule has 1 rings (SSSR count). The molecule has 0 bridgehead atoms. The minimum absolute atomic E-state index is 0.655. The lowest BCUT2D eigenvalue weighted by Crippen LogP contribution is -2.29. The van der Waals surface area contributed by atoms with Crippen molar-refractivity contribution in [3.8, 4) is 12.5 Å². The molecule has 0 saturated carbocycles. The van der Waals surface area contributed by atoms with E-state index < -0.39 is 8.94 Å². The molecule has 17 heavy (non-hydrogen) atoms. The van der Waals surface area contributed by atoms with Crippen LogP contribution in [-0.4, -0.2) is 32.6 Å². The molecule has 1 heterocycles. The standard InChI is InChI=1S/C15H27NS/c1-6-10-12-16(8-3)17(9-4,13-14-17)15(5)11-7-2/h3,15H,4,6-7,10-14H2,1-2,5H3. The van der Waals surface area contributed by atoms with Crippen molar-refractivity contribution in [2.24, 2.45) is 0 Å². The summed E-state index contributed by atoms with van der Waals surface area (Å²) in [6.45, 7) is 11.9. The van der Waals surface area contributed by atoms with Crippen molar-refractivity contribution in [2.75, 3.05) is 18.1 Å². The molecular weight excluding hydrogens is 226 g/mol. The van der Waals surface area contributed by atoms with Crippen LogP contribution in [0.4, 0.5) is 0 Å². The van der Waals surface area contributed by atoms with Crippen LogP contribution in [0.2, 0.25) is 0 Å². The van der Waals surface area contributed by atoms with Crippen LogP contribution < -0.4 is 0 Å². The summed E-state index contributed by atoms with van der Waals surface area (Å²) < 4.78 is 2.30. The van der Waals surface area contributed by atoms with Crippen molar-refractivity contribution in [1.29, 1.82) is 0 Å². The summed E-state index contributed by atoms with van der Waals surface area (Å²) in [6.07, 6.45) is 10.6. The van der Waals surface area contributed by atoms with Gasteiger partial charge in [0.15, 0.2) is 0 Å².